The normalized spacial score (nSPS) is 23.9. The average Bonchev–Trinajstić information content (AvgIpc) is 3.35. The third kappa shape index (κ3) is 3.15. The number of hydrogen-bond acceptors (Lipinski definition) is 5. The molecule has 2 fully saturated rings. The van der Waals surface area contributed by atoms with E-state index in [9.17, 15) is 4.79 Å². The summed E-state index contributed by atoms with van der Waals surface area (Å²) in [6, 6.07) is 8.25. The molecule has 1 saturated heterocycles. The van der Waals surface area contributed by atoms with Crippen LogP contribution in [0.15, 0.2) is 30.5 Å². The van der Waals surface area contributed by atoms with Crippen molar-refractivity contribution < 1.29 is 4.79 Å². The van der Waals surface area contributed by atoms with Crippen LogP contribution in [0.1, 0.15) is 28.5 Å². The first-order valence-electron chi connectivity index (χ1n) is 8.60. The molecular weight excluding hydrogens is 320 g/mol. The molecule has 0 N–H and O–H groups in total. The number of amides is 1. The lowest BCUT2D eigenvalue weighted by Gasteiger charge is -2.22. The Bertz CT molecular complexity index is 717. The summed E-state index contributed by atoms with van der Waals surface area (Å²) >= 11 is 1.83. The maximum atomic E-state index is 12.8. The van der Waals surface area contributed by atoms with Gasteiger partial charge in [0.15, 0.2) is 5.82 Å². The van der Waals surface area contributed by atoms with E-state index in [1.807, 2.05) is 23.5 Å². The summed E-state index contributed by atoms with van der Waals surface area (Å²) in [5, 5.41) is 8.15. The second kappa shape index (κ2) is 6.51. The fourth-order valence-corrected chi connectivity index (χ4v) is 4.55. The van der Waals surface area contributed by atoms with Crippen molar-refractivity contribution in [2.24, 2.45) is 5.92 Å². The minimum Gasteiger partial charge on any atom is -0.353 e. The number of carbonyl (C=O) groups is 1. The van der Waals surface area contributed by atoms with Crippen LogP contribution in [0.3, 0.4) is 0 Å². The standard InChI is InChI=1S/C18H22N4OS/c1-13-5-6-16(24-13)14-12-15(14)18(23)22-9-3-8-21(10-11-22)17-4-2-7-19-20-17/h2,4-7,14-15H,3,8-12H2,1H3/t14-,15-/m1/s1. The quantitative estimate of drug-likeness (QED) is 0.860. The van der Waals surface area contributed by atoms with Gasteiger partial charge in [0.25, 0.3) is 0 Å². The molecule has 2 aliphatic rings. The van der Waals surface area contributed by atoms with Crippen LogP contribution in [0.5, 0.6) is 0 Å². The van der Waals surface area contributed by atoms with Gasteiger partial charge in [-0.15, -0.1) is 16.4 Å². The molecule has 2 atom stereocenters. The maximum Gasteiger partial charge on any atom is 0.226 e. The number of carbonyl (C=O) groups excluding carboxylic acids is 1. The summed E-state index contributed by atoms with van der Waals surface area (Å²) in [6.07, 6.45) is 3.69. The van der Waals surface area contributed by atoms with E-state index < -0.39 is 0 Å². The van der Waals surface area contributed by atoms with Gasteiger partial charge in [-0.2, -0.15) is 5.10 Å². The minimum atomic E-state index is 0.200. The summed E-state index contributed by atoms with van der Waals surface area (Å²) in [5.74, 6) is 1.90. The Morgan fingerprint density at radius 3 is 2.88 bits per heavy atom. The lowest BCUT2D eigenvalue weighted by atomic mass is 10.2. The predicted octanol–water partition coefficient (Wildman–Crippen LogP) is 2.69. The smallest absolute Gasteiger partial charge is 0.226 e. The number of aryl methyl sites for hydroxylation is 1. The highest BCUT2D eigenvalue weighted by Crippen LogP contribution is 2.50. The molecule has 24 heavy (non-hydrogen) atoms. The number of aromatic nitrogens is 2. The first-order valence-corrected chi connectivity index (χ1v) is 9.42. The van der Waals surface area contributed by atoms with Gasteiger partial charge >= 0.3 is 0 Å². The van der Waals surface area contributed by atoms with E-state index in [2.05, 4.69) is 39.1 Å². The van der Waals surface area contributed by atoms with Crippen LogP contribution in [0.4, 0.5) is 5.82 Å². The van der Waals surface area contributed by atoms with Crippen molar-refractivity contribution in [1.29, 1.82) is 0 Å². The van der Waals surface area contributed by atoms with E-state index >= 15 is 0 Å². The molecule has 6 heteroatoms. The minimum absolute atomic E-state index is 0.200. The summed E-state index contributed by atoms with van der Waals surface area (Å²) in [7, 11) is 0. The monoisotopic (exact) mass is 342 g/mol. The molecule has 0 aromatic carbocycles. The lowest BCUT2D eigenvalue weighted by molar-refractivity contribution is -0.132. The van der Waals surface area contributed by atoms with Crippen LogP contribution in [0.25, 0.3) is 0 Å². The van der Waals surface area contributed by atoms with Gasteiger partial charge in [-0.3, -0.25) is 4.79 Å². The number of nitrogens with zero attached hydrogens (tertiary/aromatic N) is 4. The Labute approximate surface area is 146 Å². The van der Waals surface area contributed by atoms with Crippen molar-refractivity contribution in [3.05, 3.63) is 40.2 Å². The van der Waals surface area contributed by atoms with Gasteiger partial charge in [0.1, 0.15) is 0 Å². The van der Waals surface area contributed by atoms with E-state index in [1.165, 1.54) is 9.75 Å². The molecule has 0 radical (unpaired) electrons. The highest BCUT2D eigenvalue weighted by atomic mass is 32.1. The maximum absolute atomic E-state index is 12.8. The Hall–Kier alpha value is -1.95. The molecule has 3 heterocycles. The molecule has 5 nitrogen and oxygen atoms in total. The van der Waals surface area contributed by atoms with Crippen LogP contribution in [0, 0.1) is 12.8 Å². The number of anilines is 1. The van der Waals surface area contributed by atoms with E-state index in [0.29, 0.717) is 11.8 Å². The first kappa shape index (κ1) is 15.6. The van der Waals surface area contributed by atoms with Gasteiger partial charge in [-0.1, -0.05) is 0 Å². The van der Waals surface area contributed by atoms with Crippen LogP contribution in [-0.2, 0) is 4.79 Å². The third-order valence-electron chi connectivity index (χ3n) is 4.92. The Kier molecular flexibility index (Phi) is 4.22. The summed E-state index contributed by atoms with van der Waals surface area (Å²) < 4.78 is 0. The summed E-state index contributed by atoms with van der Waals surface area (Å²) in [5.41, 5.74) is 0. The van der Waals surface area contributed by atoms with Crippen LogP contribution < -0.4 is 4.90 Å². The highest BCUT2D eigenvalue weighted by Gasteiger charge is 2.46. The van der Waals surface area contributed by atoms with Gasteiger partial charge in [-0.05, 0) is 44.0 Å². The van der Waals surface area contributed by atoms with E-state index in [0.717, 1.165) is 44.8 Å². The first-order chi connectivity index (χ1) is 11.7. The number of rotatable bonds is 3. The van der Waals surface area contributed by atoms with Crippen molar-refractivity contribution in [1.82, 2.24) is 15.1 Å². The molecule has 0 bridgehead atoms. The van der Waals surface area contributed by atoms with Gasteiger partial charge in [0, 0.05) is 54.0 Å². The molecule has 0 unspecified atom stereocenters. The van der Waals surface area contributed by atoms with Crippen molar-refractivity contribution >= 4 is 23.1 Å². The van der Waals surface area contributed by atoms with Gasteiger partial charge in [0.05, 0.1) is 0 Å². The second-order valence-electron chi connectivity index (χ2n) is 6.64. The van der Waals surface area contributed by atoms with E-state index in [1.54, 1.807) is 6.20 Å². The van der Waals surface area contributed by atoms with Crippen LogP contribution >= 0.6 is 11.3 Å². The van der Waals surface area contributed by atoms with Gasteiger partial charge in [0.2, 0.25) is 5.91 Å². The fraction of sp³-hybridized carbons (Fsp3) is 0.500. The zero-order chi connectivity index (χ0) is 16.5. The van der Waals surface area contributed by atoms with Gasteiger partial charge < -0.3 is 9.80 Å². The summed E-state index contributed by atoms with van der Waals surface area (Å²) in [4.78, 5) is 19.8. The molecule has 2 aromatic heterocycles. The molecule has 1 aliphatic carbocycles. The average molecular weight is 342 g/mol. The number of thiophene rings is 1. The van der Waals surface area contributed by atoms with E-state index in [4.69, 9.17) is 0 Å². The Morgan fingerprint density at radius 2 is 2.12 bits per heavy atom. The van der Waals surface area contributed by atoms with Crippen molar-refractivity contribution in [3.8, 4) is 0 Å². The molecule has 4 rings (SSSR count). The van der Waals surface area contributed by atoms with Crippen molar-refractivity contribution in [2.45, 2.75) is 25.7 Å². The lowest BCUT2D eigenvalue weighted by Crippen LogP contribution is -2.36. The highest BCUT2D eigenvalue weighted by molar-refractivity contribution is 7.12. The predicted molar refractivity (Wildman–Crippen MR) is 95.3 cm³/mol. The van der Waals surface area contributed by atoms with Crippen LogP contribution in [0.2, 0.25) is 0 Å². The van der Waals surface area contributed by atoms with Crippen molar-refractivity contribution in [2.75, 3.05) is 31.1 Å². The molecule has 2 aromatic rings. The molecule has 126 valence electrons. The molecule has 1 aliphatic heterocycles. The summed E-state index contributed by atoms with van der Waals surface area (Å²) in [6.45, 7) is 5.52. The molecule has 1 amide bonds. The molecule has 0 spiro atoms. The zero-order valence-electron chi connectivity index (χ0n) is 13.9. The molecular formula is C18H22N4OS. The largest absolute Gasteiger partial charge is 0.353 e. The van der Waals surface area contributed by atoms with Crippen LogP contribution in [-0.4, -0.2) is 47.2 Å². The van der Waals surface area contributed by atoms with Gasteiger partial charge in [-0.25, -0.2) is 0 Å². The topological polar surface area (TPSA) is 49.3 Å². The van der Waals surface area contributed by atoms with Crippen molar-refractivity contribution in [3.63, 3.8) is 0 Å². The third-order valence-corrected chi connectivity index (χ3v) is 6.06. The number of hydrogen-bond donors (Lipinski definition) is 0. The molecule has 1 saturated carbocycles. The fourth-order valence-electron chi connectivity index (χ4n) is 3.50. The van der Waals surface area contributed by atoms with E-state index in [-0.39, 0.29) is 5.92 Å². The zero-order valence-corrected chi connectivity index (χ0v) is 14.7. The second-order valence-corrected chi connectivity index (χ2v) is 7.96. The Morgan fingerprint density at radius 1 is 1.21 bits per heavy atom. The SMILES string of the molecule is Cc1ccc([C@@H]2C[C@H]2C(=O)N2CCCN(c3cccnn3)CC2)s1. The Balaban J connectivity index is 1.37.